The number of hydrogen-bond donors (Lipinski definition) is 0. The molecule has 4 nitrogen and oxygen atoms in total. The van der Waals surface area contributed by atoms with Gasteiger partial charge in [-0.2, -0.15) is 0 Å². The molecule has 2 heterocycles. The number of pyridine rings is 1. The van der Waals surface area contributed by atoms with Crippen LogP contribution in [0.3, 0.4) is 0 Å². The normalized spacial score (nSPS) is 12.3. The quantitative estimate of drug-likeness (QED) is 0.417. The van der Waals surface area contributed by atoms with Crippen LogP contribution in [0.5, 0.6) is 11.5 Å². The molecule has 0 bridgehead atoms. The number of methoxy groups -OCH3 is 2. The van der Waals surface area contributed by atoms with Crippen LogP contribution >= 0.6 is 0 Å². The lowest BCUT2D eigenvalue weighted by molar-refractivity contribution is 0.416. The van der Waals surface area contributed by atoms with Gasteiger partial charge in [0.2, 0.25) is 0 Å². The van der Waals surface area contributed by atoms with Gasteiger partial charge in [-0.25, -0.2) is 4.98 Å². The van der Waals surface area contributed by atoms with Crippen molar-refractivity contribution < 1.29 is 9.47 Å². The van der Waals surface area contributed by atoms with E-state index in [1.54, 1.807) is 14.2 Å². The molecule has 28 heavy (non-hydrogen) atoms. The van der Waals surface area contributed by atoms with E-state index >= 15 is 0 Å². The highest BCUT2D eigenvalue weighted by atomic mass is 16.5. The molecule has 0 amide bonds. The summed E-state index contributed by atoms with van der Waals surface area (Å²) in [6.07, 6.45) is 1.05. The van der Waals surface area contributed by atoms with Crippen LogP contribution in [0.2, 0.25) is 0 Å². The van der Waals surface area contributed by atoms with E-state index in [-0.39, 0.29) is 0 Å². The fraction of sp³-hybridized carbons (Fsp3) is 0.208. The average molecular weight is 370 g/mol. The Morgan fingerprint density at radius 3 is 2.14 bits per heavy atom. The monoisotopic (exact) mass is 370 g/mol. The summed E-state index contributed by atoms with van der Waals surface area (Å²) in [6.45, 7) is 3.14. The first-order valence-electron chi connectivity index (χ1n) is 9.62. The molecular weight excluding hydrogens is 348 g/mol. The summed E-state index contributed by atoms with van der Waals surface area (Å²) < 4.78 is 11.6. The second kappa shape index (κ2) is 6.41. The third-order valence-electron chi connectivity index (χ3n) is 5.49. The Hall–Kier alpha value is -3.27. The highest BCUT2D eigenvalue weighted by molar-refractivity contribution is 6.21. The first-order valence-corrected chi connectivity index (χ1v) is 9.62. The maximum absolute atomic E-state index is 5.82. The van der Waals surface area contributed by atoms with E-state index in [0.717, 1.165) is 57.4 Å². The van der Waals surface area contributed by atoms with Gasteiger partial charge in [0.15, 0.2) is 0 Å². The van der Waals surface area contributed by atoms with E-state index in [1.807, 2.05) is 24.3 Å². The van der Waals surface area contributed by atoms with Crippen LogP contribution in [0.1, 0.15) is 13.3 Å². The van der Waals surface area contributed by atoms with Crippen molar-refractivity contribution in [2.75, 3.05) is 25.7 Å². The number of rotatable bonds is 4. The SMILES string of the molecule is CCCN1c2cccc(OC)c2-c2c3c(OC)cccc3nc3cccc1c23. The average Bonchev–Trinajstić information content (AvgIpc) is 2.74. The van der Waals surface area contributed by atoms with Crippen LogP contribution in [0.4, 0.5) is 11.4 Å². The van der Waals surface area contributed by atoms with Gasteiger partial charge in [0.25, 0.3) is 0 Å². The molecule has 0 N–H and O–H groups in total. The van der Waals surface area contributed by atoms with E-state index in [0.29, 0.717) is 0 Å². The molecule has 1 aliphatic heterocycles. The molecule has 3 aromatic carbocycles. The predicted octanol–water partition coefficient (Wildman–Crippen LogP) is 5.93. The molecule has 0 fully saturated rings. The molecule has 0 radical (unpaired) electrons. The highest BCUT2D eigenvalue weighted by Gasteiger charge is 2.30. The molecule has 0 saturated heterocycles. The Labute approximate surface area is 164 Å². The fourth-order valence-corrected chi connectivity index (χ4v) is 4.40. The van der Waals surface area contributed by atoms with Gasteiger partial charge in [-0.1, -0.05) is 25.1 Å². The van der Waals surface area contributed by atoms with Crippen LogP contribution in [-0.4, -0.2) is 25.7 Å². The van der Waals surface area contributed by atoms with E-state index in [4.69, 9.17) is 14.5 Å². The summed E-state index contributed by atoms with van der Waals surface area (Å²) in [5, 5.41) is 2.19. The number of nitrogens with zero attached hydrogens (tertiary/aromatic N) is 2. The summed E-state index contributed by atoms with van der Waals surface area (Å²) in [4.78, 5) is 7.35. The molecule has 1 aromatic heterocycles. The van der Waals surface area contributed by atoms with E-state index in [9.17, 15) is 0 Å². The minimum atomic E-state index is 0.831. The summed E-state index contributed by atoms with van der Waals surface area (Å²) >= 11 is 0. The summed E-state index contributed by atoms with van der Waals surface area (Å²) in [7, 11) is 3.45. The molecule has 140 valence electrons. The minimum absolute atomic E-state index is 0.831. The first kappa shape index (κ1) is 16.9. The maximum Gasteiger partial charge on any atom is 0.128 e. The van der Waals surface area contributed by atoms with Crippen molar-refractivity contribution in [2.45, 2.75) is 13.3 Å². The van der Waals surface area contributed by atoms with Gasteiger partial charge >= 0.3 is 0 Å². The van der Waals surface area contributed by atoms with E-state index in [2.05, 4.69) is 42.2 Å². The highest BCUT2D eigenvalue weighted by Crippen LogP contribution is 2.54. The van der Waals surface area contributed by atoms with Gasteiger partial charge in [-0.05, 0) is 42.8 Å². The molecule has 0 saturated carbocycles. The second-order valence-electron chi connectivity index (χ2n) is 7.02. The van der Waals surface area contributed by atoms with Gasteiger partial charge in [-0.15, -0.1) is 0 Å². The summed E-state index contributed by atoms with van der Waals surface area (Å²) in [5.74, 6) is 1.70. The molecule has 4 aromatic rings. The van der Waals surface area contributed by atoms with Crippen LogP contribution in [0, 0.1) is 0 Å². The third kappa shape index (κ3) is 2.21. The van der Waals surface area contributed by atoms with Crippen LogP contribution < -0.4 is 14.4 Å². The Bertz CT molecular complexity index is 1220. The third-order valence-corrected chi connectivity index (χ3v) is 5.49. The van der Waals surface area contributed by atoms with Crippen LogP contribution in [0.25, 0.3) is 32.9 Å². The molecule has 0 unspecified atom stereocenters. The Morgan fingerprint density at radius 1 is 0.750 bits per heavy atom. The fourth-order valence-electron chi connectivity index (χ4n) is 4.40. The van der Waals surface area contributed by atoms with Crippen LogP contribution in [0.15, 0.2) is 54.6 Å². The Morgan fingerprint density at radius 2 is 1.39 bits per heavy atom. The Kier molecular flexibility index (Phi) is 3.86. The lowest BCUT2D eigenvalue weighted by Gasteiger charge is -2.34. The smallest absolute Gasteiger partial charge is 0.128 e. The Balaban J connectivity index is 2.06. The van der Waals surface area contributed by atoms with Crippen molar-refractivity contribution >= 4 is 33.2 Å². The van der Waals surface area contributed by atoms with Gasteiger partial charge in [0, 0.05) is 23.1 Å². The molecule has 4 heteroatoms. The zero-order chi connectivity index (χ0) is 19.3. The molecule has 0 aliphatic carbocycles. The topological polar surface area (TPSA) is 34.6 Å². The predicted molar refractivity (Wildman–Crippen MR) is 115 cm³/mol. The lowest BCUT2D eigenvalue weighted by atomic mass is 9.89. The van der Waals surface area contributed by atoms with Gasteiger partial charge in [0.1, 0.15) is 11.5 Å². The maximum atomic E-state index is 5.82. The zero-order valence-corrected chi connectivity index (χ0v) is 16.3. The van der Waals surface area contributed by atoms with Gasteiger partial charge < -0.3 is 14.4 Å². The number of aromatic nitrogens is 1. The van der Waals surface area contributed by atoms with Gasteiger partial charge in [-0.3, -0.25) is 0 Å². The van der Waals surface area contributed by atoms with Crippen molar-refractivity contribution in [1.29, 1.82) is 0 Å². The van der Waals surface area contributed by atoms with Crippen molar-refractivity contribution in [2.24, 2.45) is 0 Å². The molecule has 0 atom stereocenters. The minimum Gasteiger partial charge on any atom is -0.496 e. The van der Waals surface area contributed by atoms with Crippen molar-refractivity contribution in [3.8, 4) is 22.6 Å². The number of fused-ring (bicyclic) bond motifs is 4. The van der Waals surface area contributed by atoms with Crippen molar-refractivity contribution in [3.63, 3.8) is 0 Å². The number of hydrogen-bond acceptors (Lipinski definition) is 4. The second-order valence-corrected chi connectivity index (χ2v) is 7.02. The van der Waals surface area contributed by atoms with Crippen molar-refractivity contribution in [1.82, 2.24) is 4.98 Å². The molecule has 0 spiro atoms. The lowest BCUT2D eigenvalue weighted by Crippen LogP contribution is -2.22. The number of anilines is 2. The number of benzene rings is 3. The number of ether oxygens (including phenoxy) is 2. The molecular formula is C24H22N2O2. The van der Waals surface area contributed by atoms with Crippen LogP contribution in [-0.2, 0) is 0 Å². The standard InChI is InChI=1S/C24H22N2O2/c1-4-14-26-17-10-5-8-15-21(17)24(23-18(26)11-7-13-20(23)28-3)22-16(25-15)9-6-12-19(22)27-2/h5-13H,4,14H2,1-3H3. The largest absolute Gasteiger partial charge is 0.496 e. The van der Waals surface area contributed by atoms with E-state index in [1.165, 1.54) is 11.4 Å². The van der Waals surface area contributed by atoms with Crippen molar-refractivity contribution in [3.05, 3.63) is 54.6 Å². The molecule has 1 aliphatic rings. The van der Waals surface area contributed by atoms with E-state index < -0.39 is 0 Å². The van der Waals surface area contributed by atoms with Gasteiger partial charge in [0.05, 0.1) is 42.0 Å². The summed E-state index contributed by atoms with van der Waals surface area (Å²) in [6, 6.07) is 18.7. The zero-order valence-electron chi connectivity index (χ0n) is 16.3. The summed E-state index contributed by atoms with van der Waals surface area (Å²) in [5.41, 5.74) is 6.53. The first-order chi connectivity index (χ1) is 13.8. The molecule has 5 rings (SSSR count).